The van der Waals surface area contributed by atoms with Crippen molar-refractivity contribution in [2.45, 2.75) is 32.4 Å². The summed E-state index contributed by atoms with van der Waals surface area (Å²) in [4.78, 5) is 2.34. The number of allylic oxidation sites excluding steroid dienone is 1. The molecule has 5 rings (SSSR count). The van der Waals surface area contributed by atoms with Crippen LogP contribution in [0.4, 0.5) is 0 Å². The maximum Gasteiger partial charge on any atom is 0.150 e. The Hall–Kier alpha value is -3.44. The second-order valence-corrected chi connectivity index (χ2v) is 8.50. The molecule has 1 unspecified atom stereocenters. The van der Waals surface area contributed by atoms with Gasteiger partial charge in [-0.1, -0.05) is 31.2 Å². The van der Waals surface area contributed by atoms with E-state index < -0.39 is 13.0 Å². The number of fused-ring (bicyclic) bond motifs is 1. The van der Waals surface area contributed by atoms with E-state index >= 15 is 0 Å². The molecule has 1 saturated heterocycles. The molecule has 1 fully saturated rings. The largest absolute Gasteiger partial charge is 0.508 e. The molecular formula is C28H29NO4. The molecule has 33 heavy (non-hydrogen) atoms. The van der Waals surface area contributed by atoms with Gasteiger partial charge in [-0.15, -0.1) is 0 Å². The van der Waals surface area contributed by atoms with Crippen molar-refractivity contribution < 1.29 is 25.2 Å². The van der Waals surface area contributed by atoms with Gasteiger partial charge < -0.3 is 19.7 Å². The fraction of sp³-hybridized carbons (Fsp3) is 0.286. The number of phenolic OH excluding ortho intramolecular Hbond substituents is 2. The average Bonchev–Trinajstić information content (AvgIpc) is 2.82. The second kappa shape index (κ2) is 8.83. The molecule has 5 heteroatoms. The van der Waals surface area contributed by atoms with Gasteiger partial charge in [0, 0.05) is 34.4 Å². The quantitative estimate of drug-likeness (QED) is 0.512. The molecule has 2 N–H and O–H groups in total. The molecule has 1 atom stereocenters. The summed E-state index contributed by atoms with van der Waals surface area (Å²) >= 11 is 0. The summed E-state index contributed by atoms with van der Waals surface area (Å²) in [6, 6.07) is 16.0. The lowest BCUT2D eigenvalue weighted by Gasteiger charge is -2.38. The Morgan fingerprint density at radius 2 is 1.82 bits per heavy atom. The minimum atomic E-state index is -2.57. The summed E-state index contributed by atoms with van der Waals surface area (Å²) in [7, 11) is 0. The molecule has 3 aromatic rings. The number of phenols is 2. The normalized spacial score (nSPS) is 20.6. The molecule has 0 saturated carbocycles. The summed E-state index contributed by atoms with van der Waals surface area (Å²) in [6.45, 7) is 2.43. The minimum absolute atomic E-state index is 0.0137. The molecule has 2 aliphatic heterocycles. The molecule has 0 amide bonds. The van der Waals surface area contributed by atoms with Gasteiger partial charge in [-0.2, -0.15) is 0 Å². The van der Waals surface area contributed by atoms with E-state index in [1.54, 1.807) is 12.1 Å². The number of benzene rings is 3. The fourth-order valence-corrected chi connectivity index (χ4v) is 4.39. The number of nitrogens with zero attached hydrogens (tertiary/aromatic N) is 1. The van der Waals surface area contributed by atoms with Crippen LogP contribution in [0.15, 0.2) is 66.7 Å². The van der Waals surface area contributed by atoms with Gasteiger partial charge in [-0.3, -0.25) is 4.90 Å². The highest BCUT2D eigenvalue weighted by atomic mass is 16.5. The van der Waals surface area contributed by atoms with E-state index in [2.05, 4.69) is 11.8 Å². The van der Waals surface area contributed by atoms with E-state index in [9.17, 15) is 10.2 Å². The molecule has 170 valence electrons. The fourth-order valence-electron chi connectivity index (χ4n) is 4.39. The molecule has 2 aliphatic rings. The van der Waals surface area contributed by atoms with Crippen molar-refractivity contribution >= 4 is 11.1 Å². The first kappa shape index (κ1) is 17.1. The lowest BCUT2D eigenvalue weighted by molar-refractivity contribution is 0.0202. The van der Waals surface area contributed by atoms with Crippen LogP contribution in [0.3, 0.4) is 0 Å². The first-order valence-electron chi connectivity index (χ1n) is 13.2. The molecule has 0 bridgehead atoms. The van der Waals surface area contributed by atoms with Crippen LogP contribution in [0.2, 0.25) is 0 Å². The summed E-state index contributed by atoms with van der Waals surface area (Å²) in [6.07, 6.45) is 0.426. The zero-order valence-corrected chi connectivity index (χ0v) is 18.4. The first-order valence-corrected chi connectivity index (χ1v) is 11.2. The van der Waals surface area contributed by atoms with Crippen molar-refractivity contribution in [2.75, 3.05) is 19.6 Å². The number of hydrogen-bond acceptors (Lipinski definition) is 5. The van der Waals surface area contributed by atoms with Gasteiger partial charge in [0.05, 0.1) is 1.37 Å². The van der Waals surface area contributed by atoms with Gasteiger partial charge in [-0.25, -0.2) is 0 Å². The Morgan fingerprint density at radius 1 is 1.06 bits per heavy atom. The van der Waals surface area contributed by atoms with Gasteiger partial charge in [0.1, 0.15) is 35.2 Å². The van der Waals surface area contributed by atoms with Gasteiger partial charge >= 0.3 is 0 Å². The smallest absolute Gasteiger partial charge is 0.150 e. The molecule has 0 spiro atoms. The maximum atomic E-state index is 10.1. The summed E-state index contributed by atoms with van der Waals surface area (Å²) in [5.41, 5.74) is 1.74. The van der Waals surface area contributed by atoms with Gasteiger partial charge in [0.15, 0.2) is 0 Å². The van der Waals surface area contributed by atoms with Crippen LogP contribution in [-0.4, -0.2) is 40.9 Å². The monoisotopic (exact) mass is 447 g/mol. The Balaban J connectivity index is 1.57. The molecule has 3 aromatic carbocycles. The van der Waals surface area contributed by atoms with Gasteiger partial charge in [0.2, 0.25) is 0 Å². The molecule has 2 heterocycles. The number of hydrogen-bond donors (Lipinski definition) is 2. The molecule has 0 radical (unpaired) electrons. The highest BCUT2D eigenvalue weighted by Crippen LogP contribution is 2.47. The van der Waals surface area contributed by atoms with E-state index in [0.717, 1.165) is 31.8 Å². The van der Waals surface area contributed by atoms with Crippen LogP contribution in [0.5, 0.6) is 23.0 Å². The summed E-state index contributed by atoms with van der Waals surface area (Å²) in [5, 5.41) is 20.0. The number of ether oxygens (including phenoxy) is 2. The van der Waals surface area contributed by atoms with Crippen molar-refractivity contribution in [1.82, 2.24) is 4.90 Å². The number of aromatic hydroxyl groups is 2. The predicted molar refractivity (Wildman–Crippen MR) is 130 cm³/mol. The van der Waals surface area contributed by atoms with Crippen molar-refractivity contribution in [1.29, 1.82) is 0 Å². The van der Waals surface area contributed by atoms with Crippen molar-refractivity contribution in [2.24, 2.45) is 0 Å². The first-order chi connectivity index (χ1) is 17.6. The lowest BCUT2D eigenvalue weighted by atomic mass is 9.86. The van der Waals surface area contributed by atoms with E-state index in [1.807, 2.05) is 24.3 Å². The van der Waals surface area contributed by atoms with Gasteiger partial charge in [0.25, 0.3) is 0 Å². The van der Waals surface area contributed by atoms with Crippen LogP contribution in [-0.2, 0) is 0 Å². The summed E-state index contributed by atoms with van der Waals surface area (Å²) < 4.78 is 45.9. The molecule has 5 nitrogen and oxygen atoms in total. The Morgan fingerprint density at radius 3 is 2.52 bits per heavy atom. The Labute approximate surface area is 200 Å². The molecule has 0 aromatic heterocycles. The van der Waals surface area contributed by atoms with Crippen LogP contribution < -0.4 is 9.47 Å². The topological polar surface area (TPSA) is 62.2 Å². The summed E-state index contributed by atoms with van der Waals surface area (Å²) in [5.74, 6) is 0.726. The number of likely N-dealkylation sites (tertiary alicyclic amines) is 1. The van der Waals surface area contributed by atoms with Gasteiger partial charge in [-0.05, 0) is 72.9 Å². The zero-order valence-electron chi connectivity index (χ0n) is 22.4. The molecule has 0 aliphatic carbocycles. The maximum absolute atomic E-state index is 10.1. The van der Waals surface area contributed by atoms with Crippen molar-refractivity contribution in [3.63, 3.8) is 0 Å². The Kier molecular flexibility index (Phi) is 4.57. The highest BCUT2D eigenvalue weighted by Gasteiger charge is 2.30. The predicted octanol–water partition coefficient (Wildman–Crippen LogP) is 5.64. The zero-order chi connectivity index (χ0) is 26.3. The third kappa shape index (κ3) is 4.29. The van der Waals surface area contributed by atoms with Crippen LogP contribution in [0, 0.1) is 0 Å². The highest BCUT2D eigenvalue weighted by molar-refractivity contribution is 5.95. The third-order valence-corrected chi connectivity index (χ3v) is 6.04. The van der Waals surface area contributed by atoms with E-state index in [0.29, 0.717) is 16.7 Å². The van der Waals surface area contributed by atoms with Crippen molar-refractivity contribution in [3.8, 4) is 23.0 Å². The molecular weight excluding hydrogens is 414 g/mol. The van der Waals surface area contributed by atoms with E-state index in [4.69, 9.17) is 15.0 Å². The Bertz CT molecular complexity index is 1310. The van der Waals surface area contributed by atoms with E-state index in [-0.39, 0.29) is 40.5 Å². The SMILES string of the molecule is [2H]c1cc(O)cc2c1C(C([2H])([2H])[2H])=C(c1ccc(O)cc1)C(c1ccc(OC3CN(CCC)C3)cc1)O2. The second-order valence-electron chi connectivity index (χ2n) is 8.50. The third-order valence-electron chi connectivity index (χ3n) is 6.04. The van der Waals surface area contributed by atoms with Crippen LogP contribution in [0.1, 0.15) is 48.5 Å². The standard InChI is InChI=1S/C28H29NO4/c1-3-14-29-16-24(17-29)32-23-11-6-20(7-12-23)28-27(19-4-8-21(30)9-5-19)18(2)25-13-10-22(31)15-26(25)33-28/h4-13,15,24,28,30-31H,3,14,16-17H2,1-2H3/i2D3,13D. The van der Waals surface area contributed by atoms with Crippen molar-refractivity contribution in [3.05, 3.63) is 83.4 Å². The average molecular weight is 448 g/mol. The van der Waals surface area contributed by atoms with Crippen LogP contribution in [0.25, 0.3) is 11.1 Å². The lowest BCUT2D eigenvalue weighted by Crippen LogP contribution is -2.53. The van der Waals surface area contributed by atoms with E-state index in [1.165, 1.54) is 24.3 Å². The van der Waals surface area contributed by atoms with Crippen LogP contribution >= 0.6 is 0 Å². The minimum Gasteiger partial charge on any atom is -0.508 e. The number of rotatable bonds is 6.